The van der Waals surface area contributed by atoms with Gasteiger partial charge in [0.1, 0.15) is 5.82 Å². The van der Waals surface area contributed by atoms with E-state index in [0.29, 0.717) is 24.8 Å². The first kappa shape index (κ1) is 21.4. The summed E-state index contributed by atoms with van der Waals surface area (Å²) < 4.78 is 2.02. The maximum absolute atomic E-state index is 12.1. The highest BCUT2D eigenvalue weighted by Gasteiger charge is 2.32. The molecule has 2 aliphatic rings. The predicted octanol–water partition coefficient (Wildman–Crippen LogP) is 2.85. The molecule has 1 atom stereocenters. The van der Waals surface area contributed by atoms with Gasteiger partial charge in [0.15, 0.2) is 11.6 Å². The number of benzene rings is 1. The van der Waals surface area contributed by atoms with E-state index in [0.717, 1.165) is 62.9 Å². The lowest BCUT2D eigenvalue weighted by Crippen LogP contribution is -2.41. The molecule has 1 N–H and O–H groups in total. The normalized spacial score (nSPS) is 18.4. The summed E-state index contributed by atoms with van der Waals surface area (Å²) in [6.45, 7) is 6.14. The maximum Gasteiger partial charge on any atom is 0.222 e. The molecule has 172 valence electrons. The van der Waals surface area contributed by atoms with Gasteiger partial charge in [0.2, 0.25) is 5.91 Å². The summed E-state index contributed by atoms with van der Waals surface area (Å²) in [6, 6.07) is 14.5. The molecular weight excluding hydrogens is 414 g/mol. The molecule has 0 spiro atoms. The summed E-state index contributed by atoms with van der Waals surface area (Å²) in [7, 11) is 0. The lowest BCUT2D eigenvalue weighted by atomic mass is 9.98. The van der Waals surface area contributed by atoms with Gasteiger partial charge in [-0.05, 0) is 43.5 Å². The Morgan fingerprint density at radius 2 is 2.06 bits per heavy atom. The minimum Gasteiger partial charge on any atom is -0.356 e. The molecule has 1 unspecified atom stereocenters. The molecule has 1 saturated heterocycles. The highest BCUT2D eigenvalue weighted by Crippen LogP contribution is 2.38. The van der Waals surface area contributed by atoms with Crippen LogP contribution in [0.1, 0.15) is 43.5 Å². The van der Waals surface area contributed by atoms with Crippen LogP contribution in [0.25, 0.3) is 5.65 Å². The van der Waals surface area contributed by atoms with E-state index >= 15 is 0 Å². The van der Waals surface area contributed by atoms with E-state index in [2.05, 4.69) is 51.6 Å². The second-order valence-electron chi connectivity index (χ2n) is 8.67. The van der Waals surface area contributed by atoms with Crippen LogP contribution < -0.4 is 10.2 Å². The zero-order valence-electron chi connectivity index (χ0n) is 19.2. The van der Waals surface area contributed by atoms with Crippen LogP contribution in [-0.2, 0) is 11.2 Å². The largest absolute Gasteiger partial charge is 0.356 e. The lowest BCUT2D eigenvalue weighted by molar-refractivity contribution is -0.127. The van der Waals surface area contributed by atoms with Crippen molar-refractivity contribution in [3.63, 3.8) is 0 Å². The van der Waals surface area contributed by atoms with Crippen molar-refractivity contribution in [1.82, 2.24) is 24.8 Å². The molecule has 0 bridgehead atoms. The zero-order chi connectivity index (χ0) is 22.6. The average molecular weight is 446 g/mol. The predicted molar refractivity (Wildman–Crippen MR) is 130 cm³/mol. The summed E-state index contributed by atoms with van der Waals surface area (Å²) in [5.41, 5.74) is 3.41. The highest BCUT2D eigenvalue weighted by molar-refractivity contribution is 5.98. The van der Waals surface area contributed by atoms with Crippen LogP contribution in [0.5, 0.6) is 0 Å². The molecule has 3 aromatic rings. The van der Waals surface area contributed by atoms with Crippen molar-refractivity contribution >= 4 is 23.2 Å². The van der Waals surface area contributed by atoms with E-state index in [1.54, 1.807) is 0 Å². The number of aromatic nitrogens is 3. The third kappa shape index (κ3) is 4.42. The number of hydrogen-bond donors (Lipinski definition) is 1. The fourth-order valence-corrected chi connectivity index (χ4v) is 4.91. The number of anilines is 1. The molecule has 0 radical (unpaired) electrons. The molecule has 8 heteroatoms. The van der Waals surface area contributed by atoms with Crippen molar-refractivity contribution in [1.29, 1.82) is 0 Å². The summed E-state index contributed by atoms with van der Waals surface area (Å²) >= 11 is 0. The van der Waals surface area contributed by atoms with Crippen LogP contribution in [0.2, 0.25) is 0 Å². The van der Waals surface area contributed by atoms with Crippen molar-refractivity contribution in [3.05, 3.63) is 60.0 Å². The number of likely N-dealkylation sites (tertiary alicyclic amines) is 1. The molecule has 8 nitrogen and oxygen atoms in total. The number of carbonyl (C=O) groups is 1. The van der Waals surface area contributed by atoms with Crippen molar-refractivity contribution in [3.8, 4) is 0 Å². The molecular formula is C25H31N7O. The monoisotopic (exact) mass is 445 g/mol. The first-order chi connectivity index (χ1) is 16.2. The fraction of sp³-hybridized carbons (Fsp3) is 0.440. The Labute approximate surface area is 194 Å². The minimum atomic E-state index is 0.300. The second kappa shape index (κ2) is 9.60. The smallest absolute Gasteiger partial charge is 0.222 e. The molecule has 4 heterocycles. The van der Waals surface area contributed by atoms with Crippen molar-refractivity contribution < 1.29 is 4.79 Å². The summed E-state index contributed by atoms with van der Waals surface area (Å²) in [5.74, 6) is 2.51. The van der Waals surface area contributed by atoms with E-state index in [1.807, 2.05) is 33.7 Å². The Bertz CT molecular complexity index is 1150. The first-order valence-corrected chi connectivity index (χ1v) is 12.0. The van der Waals surface area contributed by atoms with Gasteiger partial charge in [-0.3, -0.25) is 14.2 Å². The van der Waals surface area contributed by atoms with Gasteiger partial charge < -0.3 is 15.1 Å². The number of para-hydroxylation sites is 1. The van der Waals surface area contributed by atoms with Crippen molar-refractivity contribution in [2.24, 2.45) is 4.99 Å². The third-order valence-electron chi connectivity index (χ3n) is 6.56. The number of nitrogens with one attached hydrogen (secondary N) is 1. The van der Waals surface area contributed by atoms with Crippen LogP contribution in [0.15, 0.2) is 53.7 Å². The number of carbonyl (C=O) groups excluding carboxylic acids is 1. The van der Waals surface area contributed by atoms with E-state index in [-0.39, 0.29) is 0 Å². The van der Waals surface area contributed by atoms with Gasteiger partial charge in [-0.2, -0.15) is 0 Å². The van der Waals surface area contributed by atoms with Crippen LogP contribution in [0.4, 0.5) is 5.69 Å². The summed E-state index contributed by atoms with van der Waals surface area (Å²) in [6.07, 6.45) is 5.38. The minimum absolute atomic E-state index is 0.300. The Balaban J connectivity index is 1.31. The molecule has 1 fully saturated rings. The van der Waals surface area contributed by atoms with Gasteiger partial charge in [-0.15, -0.1) is 10.2 Å². The van der Waals surface area contributed by atoms with E-state index in [9.17, 15) is 4.79 Å². The number of aliphatic imine (C=N–C) groups is 1. The number of pyridine rings is 1. The van der Waals surface area contributed by atoms with Crippen molar-refractivity contribution in [2.45, 2.75) is 38.5 Å². The van der Waals surface area contributed by atoms with Crippen LogP contribution in [-0.4, -0.2) is 64.1 Å². The summed E-state index contributed by atoms with van der Waals surface area (Å²) in [5, 5.41) is 12.0. The van der Waals surface area contributed by atoms with Gasteiger partial charge in [0.05, 0.1) is 0 Å². The number of rotatable bonds is 7. The Hall–Kier alpha value is -3.42. The Kier molecular flexibility index (Phi) is 6.24. The molecule has 2 aromatic heterocycles. The topological polar surface area (TPSA) is 78.1 Å². The fourth-order valence-electron chi connectivity index (χ4n) is 4.91. The molecule has 33 heavy (non-hydrogen) atoms. The number of amides is 1. The third-order valence-corrected chi connectivity index (χ3v) is 6.56. The van der Waals surface area contributed by atoms with Gasteiger partial charge in [0, 0.05) is 63.4 Å². The Morgan fingerprint density at radius 1 is 1.18 bits per heavy atom. The first-order valence-electron chi connectivity index (χ1n) is 12.0. The van der Waals surface area contributed by atoms with E-state index in [4.69, 9.17) is 4.99 Å². The number of fused-ring (bicyclic) bond motifs is 2. The van der Waals surface area contributed by atoms with Gasteiger partial charge >= 0.3 is 0 Å². The van der Waals surface area contributed by atoms with Crippen LogP contribution in [0, 0.1) is 0 Å². The van der Waals surface area contributed by atoms with Gasteiger partial charge in [0.25, 0.3) is 0 Å². The zero-order valence-corrected chi connectivity index (χ0v) is 19.2. The molecule has 0 saturated carbocycles. The van der Waals surface area contributed by atoms with Crippen molar-refractivity contribution in [2.75, 3.05) is 37.6 Å². The molecule has 2 aliphatic heterocycles. The number of hydrogen-bond acceptors (Lipinski definition) is 4. The molecule has 0 aliphatic carbocycles. The number of nitrogens with zero attached hydrogens (tertiary/aromatic N) is 6. The Morgan fingerprint density at radius 3 is 2.91 bits per heavy atom. The van der Waals surface area contributed by atoms with Crippen LogP contribution >= 0.6 is 0 Å². The standard InChI is InChI=1S/C25H31N7O/c1-2-26-25(27-14-12-23-29-28-22-10-5-6-16-31(22)23)32-18-19(20-8-3-4-9-21(20)32)13-17-30-15-7-11-24(30)33/h3-6,8-10,16,19H,2,7,11-15,17-18H2,1H3,(H,26,27). The summed E-state index contributed by atoms with van der Waals surface area (Å²) in [4.78, 5) is 21.3. The second-order valence-corrected chi connectivity index (χ2v) is 8.67. The molecule has 5 rings (SSSR count). The van der Waals surface area contributed by atoms with Crippen LogP contribution in [0.3, 0.4) is 0 Å². The van der Waals surface area contributed by atoms with Gasteiger partial charge in [-0.25, -0.2) is 0 Å². The quantitative estimate of drug-likeness (QED) is 0.447. The highest BCUT2D eigenvalue weighted by atomic mass is 16.2. The van der Waals surface area contributed by atoms with Gasteiger partial charge in [-0.1, -0.05) is 24.3 Å². The maximum atomic E-state index is 12.1. The molecule has 1 aromatic carbocycles. The lowest BCUT2D eigenvalue weighted by Gasteiger charge is -2.23. The van der Waals surface area contributed by atoms with E-state index in [1.165, 1.54) is 11.3 Å². The van der Waals surface area contributed by atoms with E-state index < -0.39 is 0 Å². The number of guanidine groups is 1. The molecule has 1 amide bonds. The average Bonchev–Trinajstić information content (AvgIpc) is 3.54. The SMILES string of the molecule is CCNC(=NCCc1nnc2ccccn12)N1CC(CCN2CCCC2=O)c2ccccc21.